The Balaban J connectivity index is 2.18. The van der Waals surface area contributed by atoms with Crippen LogP contribution < -0.4 is 0 Å². The molecule has 0 aliphatic heterocycles. The molecule has 0 N–H and O–H groups in total. The van der Waals surface area contributed by atoms with E-state index in [1.165, 1.54) is 12.5 Å². The monoisotopic (exact) mass is 300 g/mol. The molecular formula is C18H17ClO2. The average Bonchev–Trinajstić information content (AvgIpc) is 2.48. The fourth-order valence-corrected chi connectivity index (χ4v) is 2.12. The van der Waals surface area contributed by atoms with E-state index in [9.17, 15) is 4.79 Å². The van der Waals surface area contributed by atoms with Gasteiger partial charge < -0.3 is 4.74 Å². The zero-order valence-electron chi connectivity index (χ0n) is 11.9. The Bertz CT molecular complexity index is 615. The van der Waals surface area contributed by atoms with Crippen molar-refractivity contribution >= 4 is 23.6 Å². The number of benzene rings is 2. The molecule has 2 rings (SSSR count). The van der Waals surface area contributed by atoms with Crippen molar-refractivity contribution in [3.05, 3.63) is 76.3 Å². The lowest BCUT2D eigenvalue weighted by Gasteiger charge is -2.09. The van der Waals surface area contributed by atoms with Crippen molar-refractivity contribution in [3.8, 4) is 0 Å². The molecule has 0 amide bonds. The number of carbonyl (C=O) groups is 1. The molecule has 2 aromatic carbocycles. The Labute approximate surface area is 130 Å². The average molecular weight is 301 g/mol. The van der Waals surface area contributed by atoms with E-state index in [1.807, 2.05) is 48.5 Å². The van der Waals surface area contributed by atoms with E-state index in [0.717, 1.165) is 17.6 Å². The van der Waals surface area contributed by atoms with Crippen LogP contribution in [0.5, 0.6) is 0 Å². The molecule has 2 aromatic rings. The van der Waals surface area contributed by atoms with Crippen LogP contribution in [0.15, 0.2) is 60.2 Å². The SMILES string of the molecule is CC(=O)OC/C(=C\c1ccc(Cl)cc1)Cc1ccccc1. The Hall–Kier alpha value is -2.06. The highest BCUT2D eigenvalue weighted by Crippen LogP contribution is 2.16. The molecule has 0 aliphatic carbocycles. The van der Waals surface area contributed by atoms with Crippen LogP contribution in [0.3, 0.4) is 0 Å². The molecule has 0 unspecified atom stereocenters. The van der Waals surface area contributed by atoms with Gasteiger partial charge in [-0.15, -0.1) is 0 Å². The lowest BCUT2D eigenvalue weighted by Crippen LogP contribution is -2.05. The number of rotatable bonds is 5. The predicted molar refractivity (Wildman–Crippen MR) is 86.2 cm³/mol. The molecule has 0 heterocycles. The van der Waals surface area contributed by atoms with Gasteiger partial charge >= 0.3 is 5.97 Å². The molecule has 0 bridgehead atoms. The number of esters is 1. The highest BCUT2D eigenvalue weighted by molar-refractivity contribution is 6.30. The number of ether oxygens (including phenoxy) is 1. The van der Waals surface area contributed by atoms with Crippen molar-refractivity contribution in [1.82, 2.24) is 0 Å². The zero-order chi connectivity index (χ0) is 15.1. The quantitative estimate of drug-likeness (QED) is 0.758. The second-order valence-electron chi connectivity index (χ2n) is 4.80. The van der Waals surface area contributed by atoms with Gasteiger partial charge in [-0.1, -0.05) is 60.1 Å². The molecule has 0 spiro atoms. The van der Waals surface area contributed by atoms with Gasteiger partial charge in [0, 0.05) is 11.9 Å². The lowest BCUT2D eigenvalue weighted by molar-refractivity contribution is -0.139. The number of halogens is 1. The molecule has 0 atom stereocenters. The van der Waals surface area contributed by atoms with Crippen molar-refractivity contribution < 1.29 is 9.53 Å². The fourth-order valence-electron chi connectivity index (χ4n) is 1.99. The summed E-state index contributed by atoms with van der Waals surface area (Å²) in [5.41, 5.74) is 3.26. The summed E-state index contributed by atoms with van der Waals surface area (Å²) in [4.78, 5) is 11.0. The molecule has 0 radical (unpaired) electrons. The first-order valence-electron chi connectivity index (χ1n) is 6.76. The summed E-state index contributed by atoms with van der Waals surface area (Å²) < 4.78 is 5.14. The molecule has 0 fully saturated rings. The largest absolute Gasteiger partial charge is 0.461 e. The van der Waals surface area contributed by atoms with Crippen molar-refractivity contribution in [3.63, 3.8) is 0 Å². The van der Waals surface area contributed by atoms with Gasteiger partial charge in [-0.2, -0.15) is 0 Å². The van der Waals surface area contributed by atoms with Crippen LogP contribution in [0.2, 0.25) is 5.02 Å². The van der Waals surface area contributed by atoms with Crippen molar-refractivity contribution in [2.45, 2.75) is 13.3 Å². The minimum absolute atomic E-state index is 0.273. The first kappa shape index (κ1) is 15.3. The molecule has 0 aliphatic rings. The summed E-state index contributed by atoms with van der Waals surface area (Å²) in [6, 6.07) is 17.7. The smallest absolute Gasteiger partial charge is 0.302 e. The summed E-state index contributed by atoms with van der Waals surface area (Å²) in [7, 11) is 0. The third kappa shape index (κ3) is 5.44. The highest BCUT2D eigenvalue weighted by atomic mass is 35.5. The predicted octanol–water partition coefficient (Wildman–Crippen LogP) is 4.53. The van der Waals surface area contributed by atoms with Gasteiger partial charge in [-0.3, -0.25) is 4.79 Å². The van der Waals surface area contributed by atoms with Gasteiger partial charge in [0.25, 0.3) is 0 Å². The molecule has 0 aromatic heterocycles. The molecule has 2 nitrogen and oxygen atoms in total. The van der Waals surface area contributed by atoms with E-state index < -0.39 is 0 Å². The van der Waals surface area contributed by atoms with Gasteiger partial charge in [-0.25, -0.2) is 0 Å². The topological polar surface area (TPSA) is 26.3 Å². The van der Waals surface area contributed by atoms with Gasteiger partial charge in [0.1, 0.15) is 6.61 Å². The van der Waals surface area contributed by atoms with E-state index in [0.29, 0.717) is 11.6 Å². The van der Waals surface area contributed by atoms with Crippen LogP contribution >= 0.6 is 11.6 Å². The summed E-state index contributed by atoms with van der Waals surface area (Å²) in [6.45, 7) is 1.72. The van der Waals surface area contributed by atoms with Crippen LogP contribution in [0.4, 0.5) is 0 Å². The van der Waals surface area contributed by atoms with Crippen molar-refractivity contribution in [1.29, 1.82) is 0 Å². The Kier molecular flexibility index (Phi) is 5.59. The van der Waals surface area contributed by atoms with Crippen LogP contribution in [-0.4, -0.2) is 12.6 Å². The number of hydrogen-bond donors (Lipinski definition) is 0. The van der Waals surface area contributed by atoms with Crippen molar-refractivity contribution in [2.24, 2.45) is 0 Å². The van der Waals surface area contributed by atoms with Gasteiger partial charge in [-0.05, 0) is 35.3 Å². The minimum atomic E-state index is -0.273. The number of hydrogen-bond acceptors (Lipinski definition) is 2. The Morgan fingerprint density at radius 2 is 1.76 bits per heavy atom. The van der Waals surface area contributed by atoms with E-state index in [1.54, 1.807) is 0 Å². The first-order valence-corrected chi connectivity index (χ1v) is 7.13. The van der Waals surface area contributed by atoms with Crippen LogP contribution in [-0.2, 0) is 16.0 Å². The Morgan fingerprint density at radius 3 is 2.38 bits per heavy atom. The summed E-state index contributed by atoms with van der Waals surface area (Å²) in [6.07, 6.45) is 2.78. The van der Waals surface area contributed by atoms with Crippen LogP contribution in [0, 0.1) is 0 Å². The maximum absolute atomic E-state index is 11.0. The maximum Gasteiger partial charge on any atom is 0.302 e. The van der Waals surface area contributed by atoms with Crippen LogP contribution in [0.25, 0.3) is 6.08 Å². The molecular weight excluding hydrogens is 284 g/mol. The molecule has 0 saturated carbocycles. The van der Waals surface area contributed by atoms with Crippen LogP contribution in [0.1, 0.15) is 18.1 Å². The van der Waals surface area contributed by atoms with E-state index in [-0.39, 0.29) is 5.97 Å². The molecule has 3 heteroatoms. The standard InChI is InChI=1S/C18H17ClO2/c1-14(20)21-13-17(11-15-5-3-2-4-6-15)12-16-7-9-18(19)10-8-16/h2-10,12H,11,13H2,1H3/b17-12-. The normalized spacial score (nSPS) is 11.2. The molecule has 108 valence electrons. The van der Waals surface area contributed by atoms with Gasteiger partial charge in [0.05, 0.1) is 0 Å². The third-order valence-electron chi connectivity index (χ3n) is 2.98. The van der Waals surface area contributed by atoms with Gasteiger partial charge in [0.15, 0.2) is 0 Å². The summed E-state index contributed by atoms with van der Waals surface area (Å²) in [5, 5.41) is 0.705. The second kappa shape index (κ2) is 7.65. The van der Waals surface area contributed by atoms with E-state index >= 15 is 0 Å². The fraction of sp³-hybridized carbons (Fsp3) is 0.167. The zero-order valence-corrected chi connectivity index (χ0v) is 12.6. The molecule has 21 heavy (non-hydrogen) atoms. The highest BCUT2D eigenvalue weighted by Gasteiger charge is 2.03. The summed E-state index contributed by atoms with van der Waals surface area (Å²) in [5.74, 6) is -0.273. The van der Waals surface area contributed by atoms with E-state index in [4.69, 9.17) is 16.3 Å². The van der Waals surface area contributed by atoms with E-state index in [2.05, 4.69) is 12.1 Å². The summed E-state index contributed by atoms with van der Waals surface area (Å²) >= 11 is 5.89. The lowest BCUT2D eigenvalue weighted by atomic mass is 10.0. The second-order valence-corrected chi connectivity index (χ2v) is 5.23. The van der Waals surface area contributed by atoms with Gasteiger partial charge in [0.2, 0.25) is 0 Å². The third-order valence-corrected chi connectivity index (χ3v) is 3.23. The maximum atomic E-state index is 11.0. The van der Waals surface area contributed by atoms with Crippen molar-refractivity contribution in [2.75, 3.05) is 6.61 Å². The Morgan fingerprint density at radius 1 is 1.10 bits per heavy atom. The molecule has 0 saturated heterocycles. The minimum Gasteiger partial charge on any atom is -0.461 e. The number of carbonyl (C=O) groups excluding carboxylic acids is 1. The first-order chi connectivity index (χ1) is 10.1.